The van der Waals surface area contributed by atoms with Crippen LogP contribution in [0.1, 0.15) is 19.8 Å². The van der Waals surface area contributed by atoms with Crippen molar-refractivity contribution < 1.29 is 4.79 Å². The van der Waals surface area contributed by atoms with E-state index in [2.05, 4.69) is 0 Å². The second-order valence-corrected chi connectivity index (χ2v) is 2.80. The van der Waals surface area contributed by atoms with Crippen molar-refractivity contribution in [2.24, 2.45) is 5.92 Å². The second-order valence-electron chi connectivity index (χ2n) is 2.39. The van der Waals surface area contributed by atoms with Crippen LogP contribution in [0.2, 0.25) is 0 Å². The van der Waals surface area contributed by atoms with Gasteiger partial charge < -0.3 is 0 Å². The SMILES string of the molecule is CC1CCC=C(Cl)C1=O. The molecule has 0 fully saturated rings. The lowest BCUT2D eigenvalue weighted by molar-refractivity contribution is -0.118. The van der Waals surface area contributed by atoms with Crippen LogP contribution < -0.4 is 0 Å². The summed E-state index contributed by atoms with van der Waals surface area (Å²) in [5.74, 6) is 0.241. The Morgan fingerprint density at radius 1 is 1.78 bits per heavy atom. The van der Waals surface area contributed by atoms with E-state index < -0.39 is 0 Å². The van der Waals surface area contributed by atoms with Crippen LogP contribution in [0.3, 0.4) is 0 Å². The van der Waals surface area contributed by atoms with Crippen LogP contribution in [0.5, 0.6) is 0 Å². The van der Waals surface area contributed by atoms with E-state index in [1.54, 1.807) is 6.08 Å². The molecule has 1 unspecified atom stereocenters. The first-order chi connectivity index (χ1) is 4.22. The summed E-state index contributed by atoms with van der Waals surface area (Å²) in [7, 11) is 0. The average molecular weight is 145 g/mol. The summed E-state index contributed by atoms with van der Waals surface area (Å²) in [6.07, 6.45) is 3.70. The molecule has 0 saturated carbocycles. The number of Topliss-reactive ketones (excluding diaryl/α,β-unsaturated/α-hetero) is 1. The van der Waals surface area contributed by atoms with Crippen molar-refractivity contribution in [1.82, 2.24) is 0 Å². The minimum Gasteiger partial charge on any atom is -0.293 e. The third-order valence-corrected chi connectivity index (χ3v) is 1.95. The number of hydrogen-bond acceptors (Lipinski definition) is 1. The van der Waals surface area contributed by atoms with Gasteiger partial charge in [0.2, 0.25) is 0 Å². The number of allylic oxidation sites excluding steroid dienone is 2. The van der Waals surface area contributed by atoms with Crippen LogP contribution in [-0.2, 0) is 4.79 Å². The van der Waals surface area contributed by atoms with Gasteiger partial charge >= 0.3 is 0 Å². The highest BCUT2D eigenvalue weighted by molar-refractivity contribution is 6.42. The Labute approximate surface area is 59.7 Å². The molecule has 0 aliphatic heterocycles. The zero-order valence-corrected chi connectivity index (χ0v) is 6.11. The Hall–Kier alpha value is -0.300. The first-order valence-electron chi connectivity index (χ1n) is 3.11. The standard InChI is InChI=1S/C7H9ClO/c1-5-3-2-4-6(8)7(5)9/h4-5H,2-3H2,1H3. The zero-order valence-electron chi connectivity index (χ0n) is 5.36. The summed E-state index contributed by atoms with van der Waals surface area (Å²) in [6.45, 7) is 1.91. The molecule has 1 rings (SSSR count). The Kier molecular flexibility index (Phi) is 1.91. The van der Waals surface area contributed by atoms with Gasteiger partial charge in [0.15, 0.2) is 5.78 Å². The van der Waals surface area contributed by atoms with Gasteiger partial charge in [0.25, 0.3) is 0 Å². The molecule has 0 heterocycles. The number of carbonyl (C=O) groups excluding carboxylic acids is 1. The summed E-state index contributed by atoms with van der Waals surface area (Å²) in [5.41, 5.74) is 0. The van der Waals surface area contributed by atoms with E-state index in [1.807, 2.05) is 6.92 Å². The molecular weight excluding hydrogens is 136 g/mol. The molecule has 50 valence electrons. The molecule has 1 nitrogen and oxygen atoms in total. The van der Waals surface area contributed by atoms with Crippen LogP contribution in [0.15, 0.2) is 11.1 Å². The fourth-order valence-electron chi connectivity index (χ4n) is 0.927. The van der Waals surface area contributed by atoms with Gasteiger partial charge in [-0.3, -0.25) is 4.79 Å². The predicted octanol–water partition coefficient (Wildman–Crippen LogP) is 2.11. The van der Waals surface area contributed by atoms with E-state index in [-0.39, 0.29) is 11.7 Å². The van der Waals surface area contributed by atoms with Gasteiger partial charge in [-0.15, -0.1) is 0 Å². The highest BCUT2D eigenvalue weighted by Crippen LogP contribution is 2.21. The number of hydrogen-bond donors (Lipinski definition) is 0. The summed E-state index contributed by atoms with van der Waals surface area (Å²) in [4.78, 5) is 10.9. The van der Waals surface area contributed by atoms with Gasteiger partial charge in [-0.2, -0.15) is 0 Å². The largest absolute Gasteiger partial charge is 0.293 e. The molecule has 0 aromatic rings. The van der Waals surface area contributed by atoms with Crippen molar-refractivity contribution in [3.8, 4) is 0 Å². The van der Waals surface area contributed by atoms with E-state index >= 15 is 0 Å². The lowest BCUT2D eigenvalue weighted by Gasteiger charge is -2.12. The minimum absolute atomic E-state index is 0.0999. The highest BCUT2D eigenvalue weighted by Gasteiger charge is 2.18. The zero-order chi connectivity index (χ0) is 6.85. The van der Waals surface area contributed by atoms with E-state index in [9.17, 15) is 4.79 Å². The Morgan fingerprint density at radius 2 is 2.44 bits per heavy atom. The maximum atomic E-state index is 10.9. The third kappa shape index (κ3) is 1.33. The fourth-order valence-corrected chi connectivity index (χ4v) is 1.22. The molecule has 0 spiro atoms. The van der Waals surface area contributed by atoms with Gasteiger partial charge in [-0.05, 0) is 12.8 Å². The van der Waals surface area contributed by atoms with Crippen molar-refractivity contribution in [2.45, 2.75) is 19.8 Å². The quantitative estimate of drug-likeness (QED) is 0.509. The van der Waals surface area contributed by atoms with Crippen LogP contribution in [-0.4, -0.2) is 5.78 Å². The van der Waals surface area contributed by atoms with Gasteiger partial charge in [0.1, 0.15) is 0 Å². The molecule has 2 heteroatoms. The highest BCUT2D eigenvalue weighted by atomic mass is 35.5. The maximum Gasteiger partial charge on any atom is 0.176 e. The Balaban J connectivity index is 2.74. The molecule has 1 atom stereocenters. The topological polar surface area (TPSA) is 17.1 Å². The minimum atomic E-state index is 0.0999. The molecule has 1 aliphatic rings. The Morgan fingerprint density at radius 3 is 2.89 bits per heavy atom. The van der Waals surface area contributed by atoms with E-state index in [4.69, 9.17) is 11.6 Å². The lowest BCUT2D eigenvalue weighted by Crippen LogP contribution is -2.14. The first kappa shape index (κ1) is 6.81. The lowest BCUT2D eigenvalue weighted by atomic mass is 9.95. The molecule has 9 heavy (non-hydrogen) atoms. The Bertz CT molecular complexity index is 160. The fraction of sp³-hybridized carbons (Fsp3) is 0.571. The van der Waals surface area contributed by atoms with Gasteiger partial charge in [0.05, 0.1) is 5.03 Å². The number of rotatable bonds is 0. The van der Waals surface area contributed by atoms with Crippen molar-refractivity contribution in [3.05, 3.63) is 11.1 Å². The van der Waals surface area contributed by atoms with E-state index in [0.717, 1.165) is 12.8 Å². The molecule has 0 amide bonds. The van der Waals surface area contributed by atoms with E-state index in [1.165, 1.54) is 0 Å². The van der Waals surface area contributed by atoms with Crippen LogP contribution in [0, 0.1) is 5.92 Å². The van der Waals surface area contributed by atoms with Gasteiger partial charge in [-0.25, -0.2) is 0 Å². The van der Waals surface area contributed by atoms with E-state index in [0.29, 0.717) is 5.03 Å². The molecule has 0 bridgehead atoms. The van der Waals surface area contributed by atoms with Crippen molar-refractivity contribution >= 4 is 17.4 Å². The number of carbonyl (C=O) groups is 1. The van der Waals surface area contributed by atoms with Crippen LogP contribution in [0.25, 0.3) is 0 Å². The molecule has 0 N–H and O–H groups in total. The predicted molar refractivity (Wildman–Crippen MR) is 37.3 cm³/mol. The van der Waals surface area contributed by atoms with Gasteiger partial charge in [-0.1, -0.05) is 24.6 Å². The second kappa shape index (κ2) is 2.53. The first-order valence-corrected chi connectivity index (χ1v) is 3.49. The summed E-state index contributed by atoms with van der Waals surface area (Å²) >= 11 is 5.57. The molecule has 1 aliphatic carbocycles. The smallest absolute Gasteiger partial charge is 0.176 e. The third-order valence-electron chi connectivity index (χ3n) is 1.61. The summed E-state index contributed by atoms with van der Waals surface area (Å²) < 4.78 is 0. The maximum absolute atomic E-state index is 10.9. The summed E-state index contributed by atoms with van der Waals surface area (Å²) in [6, 6.07) is 0. The van der Waals surface area contributed by atoms with Crippen LogP contribution >= 0.6 is 11.6 Å². The van der Waals surface area contributed by atoms with Crippen molar-refractivity contribution in [3.63, 3.8) is 0 Å². The molecule has 0 aromatic heterocycles. The average Bonchev–Trinajstić information content (AvgIpc) is 1.83. The number of ketones is 1. The number of halogens is 1. The normalized spacial score (nSPS) is 28.0. The summed E-state index contributed by atoms with van der Waals surface area (Å²) in [5, 5.41) is 0.425. The molecule has 0 saturated heterocycles. The van der Waals surface area contributed by atoms with Crippen molar-refractivity contribution in [2.75, 3.05) is 0 Å². The van der Waals surface area contributed by atoms with Gasteiger partial charge in [0, 0.05) is 5.92 Å². The monoisotopic (exact) mass is 144 g/mol. The molecule has 0 aromatic carbocycles. The van der Waals surface area contributed by atoms with Crippen LogP contribution in [0.4, 0.5) is 0 Å². The molecule has 0 radical (unpaired) electrons. The molecular formula is C7H9ClO. The van der Waals surface area contributed by atoms with Crippen molar-refractivity contribution in [1.29, 1.82) is 0 Å².